The topological polar surface area (TPSA) is 68.1 Å². The van der Waals surface area contributed by atoms with Gasteiger partial charge in [-0.25, -0.2) is 19.0 Å². The van der Waals surface area contributed by atoms with Crippen molar-refractivity contribution < 1.29 is 9.13 Å². The Kier molecular flexibility index (Phi) is 5.46. The predicted molar refractivity (Wildman–Crippen MR) is 116 cm³/mol. The summed E-state index contributed by atoms with van der Waals surface area (Å²) in [5.41, 5.74) is 1.37. The number of rotatable bonds is 5. The highest BCUT2D eigenvalue weighted by molar-refractivity contribution is 5.87. The number of nitrogens with one attached hydrogen (secondary N) is 1. The highest BCUT2D eigenvalue weighted by atomic mass is 19.1. The van der Waals surface area contributed by atoms with Gasteiger partial charge in [0.05, 0.1) is 29.5 Å². The number of benzene rings is 1. The fraction of sp³-hybridized carbons (Fsp3) is 0.500. The van der Waals surface area contributed by atoms with Gasteiger partial charge in [-0.1, -0.05) is 0 Å². The number of hydrogen-bond acceptors (Lipinski definition) is 6. The van der Waals surface area contributed by atoms with Crippen LogP contribution in [0.3, 0.4) is 0 Å². The molecule has 0 bridgehead atoms. The second kappa shape index (κ2) is 7.92. The van der Waals surface area contributed by atoms with Crippen molar-refractivity contribution in [3.8, 4) is 5.69 Å². The number of ether oxygens (including phenoxy) is 1. The van der Waals surface area contributed by atoms with E-state index in [0.29, 0.717) is 11.5 Å². The van der Waals surface area contributed by atoms with Crippen LogP contribution in [-0.2, 0) is 4.74 Å². The van der Waals surface area contributed by atoms with Crippen LogP contribution in [0.15, 0.2) is 30.5 Å². The predicted octanol–water partition coefficient (Wildman–Crippen LogP) is 3.56. The molecule has 2 aromatic heterocycles. The molecule has 1 saturated heterocycles. The first-order valence-corrected chi connectivity index (χ1v) is 10.4. The minimum atomic E-state index is -0.280. The number of aryl methyl sites for hydroxylation is 1. The summed E-state index contributed by atoms with van der Waals surface area (Å²) in [6, 6.07) is 6.22. The quantitative estimate of drug-likeness (QED) is 0.691. The van der Waals surface area contributed by atoms with Crippen molar-refractivity contribution in [1.29, 1.82) is 0 Å². The molecular formula is C22H29FN6O. The summed E-state index contributed by atoms with van der Waals surface area (Å²) in [5, 5.41) is 8.84. The van der Waals surface area contributed by atoms with E-state index in [0.717, 1.165) is 36.5 Å². The van der Waals surface area contributed by atoms with Crippen molar-refractivity contribution in [1.82, 2.24) is 24.6 Å². The van der Waals surface area contributed by atoms with Gasteiger partial charge in [-0.05, 0) is 58.9 Å². The first-order chi connectivity index (χ1) is 14.2. The SMILES string of the molecule is Cc1nc(NCC(C)(C)N2CC(C)OC(C)C2)c2cnn(-c3ccc(F)cc3)c2n1. The molecule has 2 unspecified atom stereocenters. The fourth-order valence-electron chi connectivity index (χ4n) is 4.01. The molecule has 160 valence electrons. The molecule has 0 saturated carbocycles. The summed E-state index contributed by atoms with van der Waals surface area (Å²) in [6.45, 7) is 13.1. The minimum absolute atomic E-state index is 0.0789. The second-order valence-electron chi connectivity index (χ2n) is 8.72. The van der Waals surface area contributed by atoms with Gasteiger partial charge in [-0.3, -0.25) is 4.90 Å². The standard InChI is InChI=1S/C22H29FN6O/c1-14-11-28(12-15(2)30-14)22(4,5)13-24-20-19-10-25-29(21(19)27-16(3)26-20)18-8-6-17(23)7-9-18/h6-10,14-15H,11-13H2,1-5H3,(H,24,26,27). The monoisotopic (exact) mass is 412 g/mol. The van der Waals surface area contributed by atoms with Crippen LogP contribution < -0.4 is 5.32 Å². The normalized spacial score (nSPS) is 20.6. The number of aromatic nitrogens is 4. The Morgan fingerprint density at radius 3 is 2.47 bits per heavy atom. The summed E-state index contributed by atoms with van der Waals surface area (Å²) >= 11 is 0. The van der Waals surface area contributed by atoms with Crippen LogP contribution in [0.4, 0.5) is 10.2 Å². The minimum Gasteiger partial charge on any atom is -0.373 e. The molecular weight excluding hydrogens is 383 g/mol. The average molecular weight is 413 g/mol. The molecule has 0 radical (unpaired) electrons. The van der Waals surface area contributed by atoms with Gasteiger partial charge in [-0.2, -0.15) is 5.10 Å². The molecule has 1 N–H and O–H groups in total. The number of fused-ring (bicyclic) bond motifs is 1. The van der Waals surface area contributed by atoms with Gasteiger partial charge in [0.1, 0.15) is 17.5 Å². The Hall–Kier alpha value is -2.58. The molecule has 3 heterocycles. The van der Waals surface area contributed by atoms with Gasteiger partial charge in [0, 0.05) is 25.2 Å². The fourth-order valence-corrected chi connectivity index (χ4v) is 4.01. The Labute approximate surface area is 176 Å². The molecule has 0 aliphatic carbocycles. The molecule has 1 fully saturated rings. The van der Waals surface area contributed by atoms with Gasteiger partial charge >= 0.3 is 0 Å². The lowest BCUT2D eigenvalue weighted by atomic mass is 10.00. The zero-order valence-corrected chi connectivity index (χ0v) is 18.2. The van der Waals surface area contributed by atoms with E-state index >= 15 is 0 Å². The van der Waals surface area contributed by atoms with Crippen LogP contribution in [0.1, 0.15) is 33.5 Å². The number of halogens is 1. The van der Waals surface area contributed by atoms with Gasteiger partial charge in [0.15, 0.2) is 5.65 Å². The lowest BCUT2D eigenvalue weighted by Crippen LogP contribution is -2.57. The van der Waals surface area contributed by atoms with Crippen LogP contribution in [0.2, 0.25) is 0 Å². The smallest absolute Gasteiger partial charge is 0.168 e. The van der Waals surface area contributed by atoms with Gasteiger partial charge in [0.2, 0.25) is 0 Å². The maximum atomic E-state index is 13.3. The zero-order valence-electron chi connectivity index (χ0n) is 18.2. The molecule has 7 nitrogen and oxygen atoms in total. The summed E-state index contributed by atoms with van der Waals surface area (Å²) in [7, 11) is 0. The van der Waals surface area contributed by atoms with Crippen LogP contribution in [0.25, 0.3) is 16.7 Å². The maximum absolute atomic E-state index is 13.3. The number of morpholine rings is 1. The summed E-state index contributed by atoms with van der Waals surface area (Å²) < 4.78 is 20.9. The van der Waals surface area contributed by atoms with E-state index in [9.17, 15) is 4.39 Å². The van der Waals surface area contributed by atoms with Crippen LogP contribution in [0.5, 0.6) is 0 Å². The molecule has 3 aromatic rings. The van der Waals surface area contributed by atoms with E-state index in [4.69, 9.17) is 4.74 Å². The third kappa shape index (κ3) is 4.15. The van der Waals surface area contributed by atoms with Crippen molar-refractivity contribution in [2.45, 2.75) is 52.4 Å². The van der Waals surface area contributed by atoms with Gasteiger partial charge in [-0.15, -0.1) is 0 Å². The summed E-state index contributed by atoms with van der Waals surface area (Å²) in [5.74, 6) is 1.13. The Balaban J connectivity index is 1.59. The Morgan fingerprint density at radius 2 is 1.80 bits per heavy atom. The zero-order chi connectivity index (χ0) is 21.5. The maximum Gasteiger partial charge on any atom is 0.168 e. The lowest BCUT2D eigenvalue weighted by Gasteiger charge is -2.45. The Bertz CT molecular complexity index is 1020. The lowest BCUT2D eigenvalue weighted by molar-refractivity contribution is -0.0933. The summed E-state index contributed by atoms with van der Waals surface area (Å²) in [4.78, 5) is 11.7. The molecule has 1 aliphatic rings. The van der Waals surface area contributed by atoms with Crippen molar-refractivity contribution in [3.63, 3.8) is 0 Å². The van der Waals surface area contributed by atoms with Crippen molar-refractivity contribution in [2.75, 3.05) is 25.0 Å². The van der Waals surface area contributed by atoms with Gasteiger partial charge in [0.25, 0.3) is 0 Å². The molecule has 30 heavy (non-hydrogen) atoms. The number of anilines is 1. The largest absolute Gasteiger partial charge is 0.373 e. The molecule has 0 amide bonds. The van der Waals surface area contributed by atoms with Crippen molar-refractivity contribution in [3.05, 3.63) is 42.1 Å². The number of nitrogens with zero attached hydrogens (tertiary/aromatic N) is 5. The molecule has 4 rings (SSSR count). The molecule has 8 heteroatoms. The van der Waals surface area contributed by atoms with Crippen LogP contribution in [0, 0.1) is 12.7 Å². The van der Waals surface area contributed by atoms with Crippen molar-refractivity contribution in [2.24, 2.45) is 0 Å². The summed E-state index contributed by atoms with van der Waals surface area (Å²) in [6.07, 6.45) is 2.19. The van der Waals surface area contributed by atoms with E-state index in [1.165, 1.54) is 12.1 Å². The van der Waals surface area contributed by atoms with Crippen LogP contribution in [-0.4, -0.2) is 62.0 Å². The van der Waals surface area contributed by atoms with E-state index in [2.05, 4.69) is 53.0 Å². The van der Waals surface area contributed by atoms with E-state index in [-0.39, 0.29) is 23.6 Å². The highest BCUT2D eigenvalue weighted by Gasteiger charge is 2.33. The van der Waals surface area contributed by atoms with Crippen LogP contribution >= 0.6 is 0 Å². The average Bonchev–Trinajstić information content (AvgIpc) is 3.10. The Morgan fingerprint density at radius 1 is 1.13 bits per heavy atom. The first kappa shape index (κ1) is 20.7. The molecule has 1 aromatic carbocycles. The first-order valence-electron chi connectivity index (χ1n) is 10.4. The second-order valence-corrected chi connectivity index (χ2v) is 8.72. The van der Waals surface area contributed by atoms with E-state index < -0.39 is 0 Å². The molecule has 2 atom stereocenters. The van der Waals surface area contributed by atoms with Crippen molar-refractivity contribution >= 4 is 16.9 Å². The third-order valence-corrected chi connectivity index (χ3v) is 5.58. The molecule has 0 spiro atoms. The van der Waals surface area contributed by atoms with E-state index in [1.807, 2.05) is 6.92 Å². The highest BCUT2D eigenvalue weighted by Crippen LogP contribution is 2.26. The van der Waals surface area contributed by atoms with Gasteiger partial charge < -0.3 is 10.1 Å². The third-order valence-electron chi connectivity index (χ3n) is 5.58. The molecule has 1 aliphatic heterocycles. The van der Waals surface area contributed by atoms with E-state index in [1.54, 1.807) is 23.0 Å². The number of hydrogen-bond donors (Lipinski definition) is 1.